The molecular weight excluding hydrogens is 336 g/mol. The summed E-state index contributed by atoms with van der Waals surface area (Å²) in [5.74, 6) is -1.15. The minimum atomic E-state index is -0.954. The Morgan fingerprint density at radius 3 is 1.65 bits per heavy atom. The number of carbonyl (C=O) groups is 2. The molecule has 6 nitrogen and oxygen atoms in total. The zero-order chi connectivity index (χ0) is 20.5. The second kappa shape index (κ2) is 16.8. The second-order valence-electron chi connectivity index (χ2n) is 6.13. The van der Waals surface area contributed by atoms with Gasteiger partial charge in [-0.2, -0.15) is 0 Å². The molecule has 0 aliphatic heterocycles. The van der Waals surface area contributed by atoms with Crippen molar-refractivity contribution in [2.24, 2.45) is 11.8 Å². The van der Waals surface area contributed by atoms with Crippen LogP contribution in [0.15, 0.2) is 25.3 Å². The summed E-state index contributed by atoms with van der Waals surface area (Å²) in [6.45, 7) is 13.2. The Labute approximate surface area is 157 Å². The molecule has 0 fully saturated rings. The molecule has 0 aromatic heterocycles. The summed E-state index contributed by atoms with van der Waals surface area (Å²) in [4.78, 5) is 21.3. The third kappa shape index (κ3) is 13.6. The fourth-order valence-corrected chi connectivity index (χ4v) is 2.52. The van der Waals surface area contributed by atoms with E-state index in [1.165, 1.54) is 0 Å². The zero-order valence-electron chi connectivity index (χ0n) is 16.4. The average Bonchev–Trinajstić information content (AvgIpc) is 2.57. The molecular formula is C20H36O6. The highest BCUT2D eigenvalue weighted by molar-refractivity contribution is 5.69. The summed E-state index contributed by atoms with van der Waals surface area (Å²) in [7, 11) is 0. The van der Waals surface area contributed by atoms with Crippen LogP contribution in [-0.4, -0.2) is 46.1 Å². The maximum atomic E-state index is 11.1. The molecule has 4 unspecified atom stereocenters. The van der Waals surface area contributed by atoms with Crippen LogP contribution in [0.3, 0.4) is 0 Å². The number of rotatable bonds is 13. The molecule has 26 heavy (non-hydrogen) atoms. The molecule has 0 aliphatic carbocycles. The Bertz CT molecular complexity index is 407. The Hall–Kier alpha value is -1.66. The molecule has 0 aliphatic rings. The molecule has 0 radical (unpaired) electrons. The predicted octanol–water partition coefficient (Wildman–Crippen LogP) is 3.33. The Balaban J connectivity index is 0. The largest absolute Gasteiger partial charge is 0.481 e. The van der Waals surface area contributed by atoms with Crippen molar-refractivity contribution in [3.8, 4) is 0 Å². The van der Waals surface area contributed by atoms with Crippen LogP contribution < -0.4 is 0 Å². The molecule has 0 rings (SSSR count). The minimum absolute atomic E-state index is 0.0265. The van der Waals surface area contributed by atoms with E-state index >= 15 is 0 Å². The number of aliphatic carboxylic acids is 1. The lowest BCUT2D eigenvalue weighted by Gasteiger charge is -2.19. The molecule has 152 valence electrons. The van der Waals surface area contributed by atoms with E-state index in [1.807, 2.05) is 13.8 Å². The predicted molar refractivity (Wildman–Crippen MR) is 103 cm³/mol. The third-order valence-corrected chi connectivity index (χ3v) is 4.14. The highest BCUT2D eigenvalue weighted by Gasteiger charge is 2.20. The summed E-state index contributed by atoms with van der Waals surface area (Å²) < 4.78 is 4.76. The molecule has 3 N–H and O–H groups in total. The van der Waals surface area contributed by atoms with Crippen LogP contribution >= 0.6 is 0 Å². The highest BCUT2D eigenvalue weighted by atomic mass is 16.5. The normalized spacial score (nSPS) is 14.8. The quantitative estimate of drug-likeness (QED) is 0.338. The van der Waals surface area contributed by atoms with Crippen LogP contribution in [0.4, 0.5) is 0 Å². The zero-order valence-corrected chi connectivity index (χ0v) is 16.4. The number of carboxylic acid groups (broad SMARTS) is 1. The van der Waals surface area contributed by atoms with Crippen molar-refractivity contribution < 1.29 is 29.6 Å². The number of ether oxygens (including phenoxy) is 1. The first-order chi connectivity index (χ1) is 12.3. The van der Waals surface area contributed by atoms with Crippen molar-refractivity contribution >= 4 is 11.9 Å². The van der Waals surface area contributed by atoms with Crippen LogP contribution in [-0.2, 0) is 14.3 Å². The highest BCUT2D eigenvalue weighted by Crippen LogP contribution is 2.17. The van der Waals surface area contributed by atoms with Gasteiger partial charge < -0.3 is 20.1 Å². The average molecular weight is 373 g/mol. The van der Waals surface area contributed by atoms with Gasteiger partial charge in [0.25, 0.3) is 0 Å². The van der Waals surface area contributed by atoms with E-state index in [2.05, 4.69) is 13.2 Å². The number of carboxylic acids is 1. The van der Waals surface area contributed by atoms with Gasteiger partial charge >= 0.3 is 11.9 Å². The van der Waals surface area contributed by atoms with Gasteiger partial charge in [0.15, 0.2) is 0 Å². The van der Waals surface area contributed by atoms with Crippen LogP contribution in [0.2, 0.25) is 0 Å². The number of hydrogen-bond donors (Lipinski definition) is 3. The number of allylic oxidation sites excluding steroid dienone is 2. The Kier molecular flexibility index (Phi) is 17.2. The second-order valence-corrected chi connectivity index (χ2v) is 6.13. The van der Waals surface area contributed by atoms with Crippen molar-refractivity contribution in [2.75, 3.05) is 6.61 Å². The number of aliphatic hydroxyl groups excluding tert-OH is 2. The van der Waals surface area contributed by atoms with E-state index in [1.54, 1.807) is 19.1 Å². The molecule has 0 aromatic carbocycles. The molecule has 4 atom stereocenters. The van der Waals surface area contributed by atoms with E-state index in [0.717, 1.165) is 19.3 Å². The van der Waals surface area contributed by atoms with Crippen LogP contribution in [0.5, 0.6) is 0 Å². The van der Waals surface area contributed by atoms with Crippen molar-refractivity contribution in [2.45, 2.75) is 71.5 Å². The maximum Gasteiger partial charge on any atom is 0.308 e. The lowest BCUT2D eigenvalue weighted by molar-refractivity contribution is -0.146. The van der Waals surface area contributed by atoms with Crippen LogP contribution in [0.25, 0.3) is 0 Å². The Morgan fingerprint density at radius 1 is 0.923 bits per heavy atom. The maximum absolute atomic E-state index is 11.1. The molecule has 0 amide bonds. The summed E-state index contributed by atoms with van der Waals surface area (Å²) in [5, 5.41) is 27.5. The molecule has 0 spiro atoms. The molecule has 6 heteroatoms. The monoisotopic (exact) mass is 372 g/mol. The first-order valence-electron chi connectivity index (χ1n) is 9.22. The van der Waals surface area contributed by atoms with Gasteiger partial charge in [-0.25, -0.2) is 0 Å². The topological polar surface area (TPSA) is 104 Å². The van der Waals surface area contributed by atoms with Gasteiger partial charge in [0.2, 0.25) is 0 Å². The lowest BCUT2D eigenvalue weighted by Crippen LogP contribution is -2.24. The number of esters is 1. The van der Waals surface area contributed by atoms with E-state index in [0.29, 0.717) is 13.0 Å². The molecule has 0 saturated carbocycles. The van der Waals surface area contributed by atoms with Crippen molar-refractivity contribution in [3.05, 3.63) is 25.3 Å². The van der Waals surface area contributed by atoms with Crippen LogP contribution in [0, 0.1) is 11.8 Å². The fourth-order valence-electron chi connectivity index (χ4n) is 2.52. The summed E-state index contributed by atoms with van der Waals surface area (Å²) in [5.41, 5.74) is 0. The number of carbonyl (C=O) groups excluding carboxylic acids is 1. The van der Waals surface area contributed by atoms with E-state index in [4.69, 9.17) is 9.84 Å². The summed E-state index contributed by atoms with van der Waals surface area (Å²) in [6.07, 6.45) is 5.05. The first-order valence-corrected chi connectivity index (χ1v) is 9.22. The van der Waals surface area contributed by atoms with Gasteiger partial charge in [0, 0.05) is 0 Å². The van der Waals surface area contributed by atoms with Gasteiger partial charge in [-0.15, -0.1) is 13.2 Å². The van der Waals surface area contributed by atoms with Gasteiger partial charge in [-0.1, -0.05) is 38.8 Å². The molecule has 0 saturated heterocycles. The number of aliphatic hydroxyl groups is 2. The van der Waals surface area contributed by atoms with Crippen LogP contribution in [0.1, 0.15) is 59.3 Å². The fraction of sp³-hybridized carbons (Fsp3) is 0.700. The third-order valence-electron chi connectivity index (χ3n) is 4.14. The Morgan fingerprint density at radius 2 is 1.35 bits per heavy atom. The number of hydrogen-bond acceptors (Lipinski definition) is 5. The minimum Gasteiger partial charge on any atom is -0.481 e. The molecule has 0 bridgehead atoms. The molecule has 0 aromatic rings. The smallest absolute Gasteiger partial charge is 0.308 e. The lowest BCUT2D eigenvalue weighted by atomic mass is 9.94. The SMILES string of the molecule is C=CCC(CC)C(O)CC(=O)O.C=CCC(CC)C(O)CC(=O)OCC. The van der Waals surface area contributed by atoms with Crippen molar-refractivity contribution in [1.29, 1.82) is 0 Å². The van der Waals surface area contributed by atoms with Gasteiger partial charge in [0.05, 0.1) is 31.7 Å². The summed E-state index contributed by atoms with van der Waals surface area (Å²) >= 11 is 0. The summed E-state index contributed by atoms with van der Waals surface area (Å²) in [6, 6.07) is 0. The van der Waals surface area contributed by atoms with E-state index in [-0.39, 0.29) is 30.6 Å². The van der Waals surface area contributed by atoms with Gasteiger partial charge in [-0.05, 0) is 31.6 Å². The molecule has 0 heterocycles. The van der Waals surface area contributed by atoms with Gasteiger partial charge in [-0.3, -0.25) is 9.59 Å². The van der Waals surface area contributed by atoms with E-state index in [9.17, 15) is 19.8 Å². The van der Waals surface area contributed by atoms with Crippen molar-refractivity contribution in [3.63, 3.8) is 0 Å². The van der Waals surface area contributed by atoms with Gasteiger partial charge in [0.1, 0.15) is 0 Å². The van der Waals surface area contributed by atoms with E-state index < -0.39 is 18.2 Å². The first kappa shape index (κ1) is 26.6. The standard InChI is InChI=1S/C11H20O3.C9H16O3/c1-4-7-9(5-2)10(12)8-11(13)14-6-3;1-3-5-7(4-2)8(10)6-9(11)12/h4,9-10,12H,1,5-8H2,2-3H3;3,7-8,10H,1,4-6H2,2H3,(H,11,12). The van der Waals surface area contributed by atoms with Crippen molar-refractivity contribution in [1.82, 2.24) is 0 Å².